The minimum absolute atomic E-state index is 0.0124. The first-order valence-corrected chi connectivity index (χ1v) is 15.5. The Morgan fingerprint density at radius 1 is 1.17 bits per heavy atom. The van der Waals surface area contributed by atoms with Crippen molar-refractivity contribution >= 4 is 39.3 Å². The number of fused-ring (bicyclic) bond motifs is 1. The predicted molar refractivity (Wildman–Crippen MR) is 161 cm³/mol. The molecule has 3 aliphatic heterocycles. The summed E-state index contributed by atoms with van der Waals surface area (Å²) in [6.07, 6.45) is 5.98. The molecule has 0 radical (unpaired) electrons. The Balaban J connectivity index is 1.71. The number of hydrogen-bond acceptors (Lipinski definition) is 6. The highest BCUT2D eigenvalue weighted by atomic mass is 79.9. The van der Waals surface area contributed by atoms with Gasteiger partial charge in [0.15, 0.2) is 0 Å². The third-order valence-electron chi connectivity index (χ3n) is 8.38. The highest BCUT2D eigenvalue weighted by molar-refractivity contribution is 9.09. The molecule has 2 bridgehead atoms. The van der Waals surface area contributed by atoms with Crippen molar-refractivity contribution in [2.75, 3.05) is 44.3 Å². The molecule has 1 aromatic carbocycles. The molecule has 1 aromatic rings. The minimum Gasteiger partial charge on any atom is -0.494 e. The van der Waals surface area contributed by atoms with Gasteiger partial charge in [0, 0.05) is 36.7 Å². The second kappa shape index (κ2) is 13.5. The van der Waals surface area contributed by atoms with E-state index in [4.69, 9.17) is 9.47 Å². The van der Waals surface area contributed by atoms with Gasteiger partial charge in [-0.1, -0.05) is 47.8 Å². The molecule has 10 heteroatoms. The molecule has 0 saturated carbocycles. The van der Waals surface area contributed by atoms with Crippen LogP contribution in [-0.2, 0) is 19.1 Å². The van der Waals surface area contributed by atoms with E-state index < -0.39 is 29.6 Å². The first-order chi connectivity index (χ1) is 19.8. The normalized spacial score (nSPS) is 28.0. The van der Waals surface area contributed by atoms with Crippen molar-refractivity contribution < 1.29 is 29.0 Å². The number of likely N-dealkylation sites (tertiary alicyclic amines) is 1. The summed E-state index contributed by atoms with van der Waals surface area (Å²) in [4.78, 5) is 47.2. The molecular formula is C31H42BrN3O6. The Morgan fingerprint density at radius 2 is 1.88 bits per heavy atom. The summed E-state index contributed by atoms with van der Waals surface area (Å²) >= 11 is 3.73. The molecule has 3 amide bonds. The summed E-state index contributed by atoms with van der Waals surface area (Å²) in [7, 11) is 0. The second-order valence-electron chi connectivity index (χ2n) is 10.9. The smallest absolute Gasteiger partial charge is 0.248 e. The molecule has 224 valence electrons. The van der Waals surface area contributed by atoms with E-state index in [2.05, 4.69) is 36.0 Å². The van der Waals surface area contributed by atoms with Crippen LogP contribution in [0.2, 0.25) is 0 Å². The van der Waals surface area contributed by atoms with Crippen LogP contribution >= 0.6 is 15.9 Å². The number of β-amino-alcohol motifs (C(OH)–C–C–N with tert-alkyl or cyclic N) is 1. The number of unbranched alkanes of at least 4 members (excludes halogenated alkanes) is 2. The molecule has 9 nitrogen and oxygen atoms in total. The van der Waals surface area contributed by atoms with Gasteiger partial charge in [-0.15, -0.1) is 13.2 Å². The van der Waals surface area contributed by atoms with E-state index in [1.165, 1.54) is 4.90 Å². The molecule has 3 aliphatic rings. The van der Waals surface area contributed by atoms with Crippen LogP contribution in [0.1, 0.15) is 39.5 Å². The van der Waals surface area contributed by atoms with E-state index in [1.54, 1.807) is 34.1 Å². The SMILES string of the molecule is C=CCN(CCCCC)C(=O)C1N(CCO)C(=O)[C@@H]2[C@H](C(=O)N(CC=C)c3ccc(OCC)cc3)[C@H]3OC12CC3Br. The Hall–Kier alpha value is -2.69. The van der Waals surface area contributed by atoms with Crippen LogP contribution in [0.5, 0.6) is 5.75 Å². The highest BCUT2D eigenvalue weighted by Crippen LogP contribution is 2.60. The van der Waals surface area contributed by atoms with E-state index in [9.17, 15) is 19.5 Å². The molecule has 1 spiro atoms. The lowest BCUT2D eigenvalue weighted by Gasteiger charge is -2.37. The van der Waals surface area contributed by atoms with E-state index in [0.717, 1.165) is 19.3 Å². The van der Waals surface area contributed by atoms with E-state index in [-0.39, 0.29) is 42.2 Å². The largest absolute Gasteiger partial charge is 0.494 e. The number of carbonyl (C=O) groups excluding carboxylic acids is 3. The number of carbonyl (C=O) groups is 3. The molecule has 0 aliphatic carbocycles. The highest BCUT2D eigenvalue weighted by Gasteiger charge is 2.76. The Morgan fingerprint density at radius 3 is 2.49 bits per heavy atom. The Labute approximate surface area is 251 Å². The van der Waals surface area contributed by atoms with Crippen molar-refractivity contribution in [3.8, 4) is 5.75 Å². The average Bonchev–Trinajstić information content (AvgIpc) is 3.55. The van der Waals surface area contributed by atoms with Crippen molar-refractivity contribution in [3.63, 3.8) is 0 Å². The van der Waals surface area contributed by atoms with Crippen molar-refractivity contribution in [2.24, 2.45) is 11.8 Å². The van der Waals surface area contributed by atoms with Crippen LogP contribution in [0.25, 0.3) is 0 Å². The maximum absolute atomic E-state index is 14.3. The molecule has 41 heavy (non-hydrogen) atoms. The average molecular weight is 633 g/mol. The maximum atomic E-state index is 14.3. The van der Waals surface area contributed by atoms with Gasteiger partial charge in [-0.2, -0.15) is 0 Å². The topological polar surface area (TPSA) is 99.6 Å². The zero-order valence-electron chi connectivity index (χ0n) is 24.0. The molecule has 3 fully saturated rings. The number of amides is 3. The van der Waals surface area contributed by atoms with Gasteiger partial charge < -0.3 is 29.3 Å². The summed E-state index contributed by atoms with van der Waals surface area (Å²) in [6.45, 7) is 13.0. The van der Waals surface area contributed by atoms with Crippen molar-refractivity contribution in [1.29, 1.82) is 0 Å². The zero-order chi connectivity index (χ0) is 29.7. The van der Waals surface area contributed by atoms with Crippen LogP contribution < -0.4 is 9.64 Å². The van der Waals surface area contributed by atoms with Crippen LogP contribution in [-0.4, -0.2) is 94.6 Å². The van der Waals surface area contributed by atoms with Gasteiger partial charge in [0.25, 0.3) is 0 Å². The second-order valence-corrected chi connectivity index (χ2v) is 12.0. The molecule has 3 saturated heterocycles. The van der Waals surface area contributed by atoms with E-state index in [0.29, 0.717) is 37.6 Å². The lowest BCUT2D eigenvalue weighted by atomic mass is 9.70. The minimum atomic E-state index is -1.18. The number of hydrogen-bond donors (Lipinski definition) is 1. The van der Waals surface area contributed by atoms with Gasteiger partial charge in [0.05, 0.1) is 31.2 Å². The summed E-state index contributed by atoms with van der Waals surface area (Å²) in [5, 5.41) is 9.90. The summed E-state index contributed by atoms with van der Waals surface area (Å²) in [6, 6.07) is 6.30. The fourth-order valence-electron chi connectivity index (χ4n) is 6.73. The number of nitrogens with zero attached hydrogens (tertiary/aromatic N) is 3. The first kappa shape index (κ1) is 31.3. The predicted octanol–water partition coefficient (Wildman–Crippen LogP) is 3.55. The molecule has 6 atom stereocenters. The van der Waals surface area contributed by atoms with E-state index >= 15 is 0 Å². The van der Waals surface area contributed by atoms with Crippen LogP contribution in [0, 0.1) is 11.8 Å². The van der Waals surface area contributed by atoms with Crippen LogP contribution in [0.15, 0.2) is 49.6 Å². The van der Waals surface area contributed by atoms with Crippen molar-refractivity contribution in [1.82, 2.24) is 9.80 Å². The van der Waals surface area contributed by atoms with Crippen LogP contribution in [0.3, 0.4) is 0 Å². The fraction of sp³-hybridized carbons (Fsp3) is 0.581. The zero-order valence-corrected chi connectivity index (χ0v) is 25.6. The third-order valence-corrected chi connectivity index (χ3v) is 9.22. The number of aliphatic hydroxyl groups excluding tert-OH is 1. The number of alkyl halides is 1. The van der Waals surface area contributed by atoms with Crippen molar-refractivity contribution in [3.05, 3.63) is 49.6 Å². The number of benzene rings is 1. The number of rotatable bonds is 15. The van der Waals surface area contributed by atoms with Gasteiger partial charge in [-0.05, 0) is 44.0 Å². The van der Waals surface area contributed by atoms with Crippen molar-refractivity contribution in [2.45, 2.75) is 62.1 Å². The lowest BCUT2D eigenvalue weighted by Crippen LogP contribution is -2.57. The summed E-state index contributed by atoms with van der Waals surface area (Å²) < 4.78 is 12.2. The molecule has 4 rings (SSSR count). The Bertz CT molecular complexity index is 1130. The molecule has 0 aromatic heterocycles. The molecule has 1 N–H and O–H groups in total. The van der Waals surface area contributed by atoms with Gasteiger partial charge in [0.1, 0.15) is 17.4 Å². The number of aliphatic hydroxyl groups is 1. The third kappa shape index (κ3) is 5.70. The van der Waals surface area contributed by atoms with Gasteiger partial charge in [-0.25, -0.2) is 0 Å². The summed E-state index contributed by atoms with van der Waals surface area (Å²) in [5.74, 6) is -1.76. The number of ether oxygens (including phenoxy) is 2. The molecule has 3 heterocycles. The monoisotopic (exact) mass is 631 g/mol. The number of anilines is 1. The first-order valence-electron chi connectivity index (χ1n) is 14.6. The quantitative estimate of drug-likeness (QED) is 0.181. The molecular weight excluding hydrogens is 590 g/mol. The van der Waals surface area contributed by atoms with Gasteiger partial charge >= 0.3 is 0 Å². The lowest BCUT2D eigenvalue weighted by molar-refractivity contribution is -0.148. The summed E-state index contributed by atoms with van der Waals surface area (Å²) in [5.41, 5.74) is -0.523. The standard InChI is InChI=1S/C31H42BrN3O6/c1-5-9-10-17-33(15-6-2)30(39)27-31-20-23(32)26(41-31)24(25(31)29(38)35(27)18-19-36)28(37)34(16-7-3)21-11-13-22(14-12-21)40-8-4/h6-7,11-14,23-27,36H,2-3,5,8-10,15-20H2,1,4H3/t23?,24-,25-,26-,27?,31?/m0/s1. The van der Waals surface area contributed by atoms with Crippen LogP contribution in [0.4, 0.5) is 5.69 Å². The fourth-order valence-corrected chi connectivity index (χ4v) is 7.68. The van der Waals surface area contributed by atoms with Gasteiger partial charge in [0.2, 0.25) is 17.7 Å². The van der Waals surface area contributed by atoms with Gasteiger partial charge in [-0.3, -0.25) is 14.4 Å². The number of halogens is 1. The Kier molecular flexibility index (Phi) is 10.3. The molecule has 3 unspecified atom stereocenters. The maximum Gasteiger partial charge on any atom is 0.248 e. The van der Waals surface area contributed by atoms with E-state index in [1.807, 2.05) is 19.1 Å².